The second-order valence-electron chi connectivity index (χ2n) is 10.2. The maximum atomic E-state index is 11.9. The number of allylic oxidation sites excluding steroid dienone is 5. The van der Waals surface area contributed by atoms with Gasteiger partial charge in [-0.2, -0.15) is 0 Å². The lowest BCUT2D eigenvalue weighted by atomic mass is 9.46. The van der Waals surface area contributed by atoms with Crippen LogP contribution in [0.3, 0.4) is 0 Å². The first-order chi connectivity index (χ1) is 13.7. The summed E-state index contributed by atoms with van der Waals surface area (Å²) >= 11 is 0. The van der Waals surface area contributed by atoms with Gasteiger partial charge >= 0.3 is 5.97 Å². The molecule has 0 aromatic heterocycles. The average molecular weight is 399 g/mol. The summed E-state index contributed by atoms with van der Waals surface area (Å²) in [6, 6.07) is 0. The summed E-state index contributed by atoms with van der Waals surface area (Å²) in [6.07, 6.45) is 13.9. The van der Waals surface area contributed by atoms with Crippen molar-refractivity contribution < 1.29 is 19.4 Å². The number of methoxy groups -OCH3 is 1. The number of ether oxygens (including phenoxy) is 1. The Morgan fingerprint density at radius 2 is 2.07 bits per heavy atom. The summed E-state index contributed by atoms with van der Waals surface area (Å²) in [6.45, 7) is 6.78. The number of aliphatic hydroxyl groups excluding tert-OH is 1. The Balaban J connectivity index is 1.61. The molecule has 158 valence electrons. The summed E-state index contributed by atoms with van der Waals surface area (Å²) in [5.41, 5.74) is 1.08. The lowest BCUT2D eigenvalue weighted by Gasteiger charge is -2.59. The molecule has 3 saturated carbocycles. The van der Waals surface area contributed by atoms with Crippen molar-refractivity contribution in [1.29, 1.82) is 0 Å². The number of hydrogen-bond acceptors (Lipinski definition) is 4. The summed E-state index contributed by atoms with van der Waals surface area (Å²) in [7, 11) is 1.40. The van der Waals surface area contributed by atoms with E-state index < -0.39 is 0 Å². The maximum absolute atomic E-state index is 11.9. The molecular weight excluding hydrogens is 364 g/mol. The molecule has 4 rings (SSSR count). The van der Waals surface area contributed by atoms with E-state index in [-0.39, 0.29) is 40.5 Å². The van der Waals surface area contributed by atoms with E-state index in [0.29, 0.717) is 17.8 Å². The van der Waals surface area contributed by atoms with Crippen molar-refractivity contribution in [2.45, 2.75) is 59.0 Å². The van der Waals surface area contributed by atoms with E-state index in [1.165, 1.54) is 19.1 Å². The second-order valence-corrected chi connectivity index (χ2v) is 10.2. The van der Waals surface area contributed by atoms with Crippen LogP contribution < -0.4 is 0 Å². The van der Waals surface area contributed by atoms with Crippen LogP contribution in [-0.2, 0) is 14.3 Å². The monoisotopic (exact) mass is 398 g/mol. The van der Waals surface area contributed by atoms with Gasteiger partial charge in [0.2, 0.25) is 0 Å². The van der Waals surface area contributed by atoms with E-state index >= 15 is 0 Å². The molecule has 0 aromatic carbocycles. The van der Waals surface area contributed by atoms with E-state index in [9.17, 15) is 14.7 Å². The molecule has 1 N–H and O–H groups in total. The molecule has 0 saturated heterocycles. The van der Waals surface area contributed by atoms with Crippen LogP contribution in [0.4, 0.5) is 0 Å². The van der Waals surface area contributed by atoms with Crippen molar-refractivity contribution in [1.82, 2.24) is 0 Å². The number of hydrogen-bond donors (Lipinski definition) is 1. The van der Waals surface area contributed by atoms with Crippen LogP contribution in [0, 0.1) is 40.4 Å². The molecule has 0 radical (unpaired) electrons. The van der Waals surface area contributed by atoms with Crippen LogP contribution in [0.25, 0.3) is 0 Å². The Morgan fingerprint density at radius 3 is 2.79 bits per heavy atom. The molecule has 0 spiro atoms. The van der Waals surface area contributed by atoms with Crippen molar-refractivity contribution in [3.63, 3.8) is 0 Å². The zero-order chi connectivity index (χ0) is 21.0. The van der Waals surface area contributed by atoms with Crippen molar-refractivity contribution in [3.05, 3.63) is 36.0 Å². The highest BCUT2D eigenvalue weighted by atomic mass is 16.5. The van der Waals surface area contributed by atoms with Gasteiger partial charge in [0.1, 0.15) is 0 Å². The van der Waals surface area contributed by atoms with E-state index in [0.717, 1.165) is 25.7 Å². The molecule has 8 atom stereocenters. The summed E-state index contributed by atoms with van der Waals surface area (Å²) in [4.78, 5) is 23.5. The van der Waals surface area contributed by atoms with Gasteiger partial charge in [0.05, 0.1) is 13.2 Å². The van der Waals surface area contributed by atoms with Gasteiger partial charge in [0.15, 0.2) is 5.78 Å². The van der Waals surface area contributed by atoms with Crippen molar-refractivity contribution >= 4 is 11.8 Å². The molecular formula is C25H34O4. The van der Waals surface area contributed by atoms with Crippen LogP contribution in [0.5, 0.6) is 0 Å². The number of esters is 1. The van der Waals surface area contributed by atoms with Gasteiger partial charge in [0.25, 0.3) is 0 Å². The second kappa shape index (κ2) is 7.23. The fraction of sp³-hybridized carbons (Fsp3) is 0.680. The van der Waals surface area contributed by atoms with Crippen LogP contribution in [0.2, 0.25) is 0 Å². The minimum Gasteiger partial charge on any atom is -0.466 e. The van der Waals surface area contributed by atoms with Gasteiger partial charge < -0.3 is 9.84 Å². The first-order valence-electron chi connectivity index (χ1n) is 11.1. The fourth-order valence-corrected chi connectivity index (χ4v) is 7.66. The van der Waals surface area contributed by atoms with Gasteiger partial charge in [-0.25, -0.2) is 4.79 Å². The lowest BCUT2D eigenvalue weighted by Crippen LogP contribution is -2.56. The normalized spacial score (nSPS) is 44.7. The molecule has 0 bridgehead atoms. The minimum atomic E-state index is -0.370. The molecule has 0 amide bonds. The molecule has 4 aliphatic carbocycles. The third-order valence-electron chi connectivity index (χ3n) is 8.94. The molecule has 0 heterocycles. The largest absolute Gasteiger partial charge is 0.466 e. The zero-order valence-corrected chi connectivity index (χ0v) is 18.1. The zero-order valence-electron chi connectivity index (χ0n) is 18.1. The fourth-order valence-electron chi connectivity index (χ4n) is 7.66. The molecule has 4 aliphatic rings. The summed E-state index contributed by atoms with van der Waals surface area (Å²) < 4.78 is 4.75. The molecule has 0 aromatic rings. The third-order valence-corrected chi connectivity index (χ3v) is 8.94. The molecule has 0 unspecified atom stereocenters. The molecule has 4 heteroatoms. The van der Waals surface area contributed by atoms with Crippen molar-refractivity contribution in [2.75, 3.05) is 7.11 Å². The Bertz CT molecular complexity index is 793. The first kappa shape index (κ1) is 20.6. The predicted octanol–water partition coefficient (Wildman–Crippen LogP) is 4.25. The summed E-state index contributed by atoms with van der Waals surface area (Å²) in [5.74, 6) is 1.75. The third kappa shape index (κ3) is 3.15. The summed E-state index contributed by atoms with van der Waals surface area (Å²) in [5, 5.41) is 11.4. The quantitative estimate of drug-likeness (QED) is 0.570. The van der Waals surface area contributed by atoms with Crippen LogP contribution in [-0.4, -0.2) is 30.1 Å². The number of rotatable bonds is 3. The van der Waals surface area contributed by atoms with Crippen LogP contribution in [0.15, 0.2) is 36.0 Å². The van der Waals surface area contributed by atoms with E-state index in [1.54, 1.807) is 12.2 Å². The van der Waals surface area contributed by atoms with E-state index in [2.05, 4.69) is 26.8 Å². The van der Waals surface area contributed by atoms with Gasteiger partial charge in [-0.15, -0.1) is 0 Å². The Kier molecular flexibility index (Phi) is 5.13. The molecule has 4 nitrogen and oxygen atoms in total. The van der Waals surface area contributed by atoms with Gasteiger partial charge in [-0.3, -0.25) is 4.79 Å². The van der Waals surface area contributed by atoms with Gasteiger partial charge in [0, 0.05) is 17.4 Å². The topological polar surface area (TPSA) is 63.6 Å². The predicted molar refractivity (Wildman–Crippen MR) is 112 cm³/mol. The Morgan fingerprint density at radius 1 is 1.31 bits per heavy atom. The molecule has 29 heavy (non-hydrogen) atoms. The highest BCUT2D eigenvalue weighted by molar-refractivity contribution is 6.01. The van der Waals surface area contributed by atoms with Crippen molar-refractivity contribution in [2.24, 2.45) is 40.4 Å². The maximum Gasteiger partial charge on any atom is 0.330 e. The highest BCUT2D eigenvalue weighted by Gasteiger charge is 2.61. The lowest BCUT2D eigenvalue weighted by molar-refractivity contribution is -0.135. The number of carbonyl (C=O) groups excluding carboxylic acids is 2. The minimum absolute atomic E-state index is 0.0756. The highest BCUT2D eigenvalue weighted by Crippen LogP contribution is 2.66. The molecule has 3 fully saturated rings. The average Bonchev–Trinajstić information content (AvgIpc) is 3.02. The standard InChI is InChI=1S/C25H34O4/c1-15(5-10-22(28)29-4)19-8-9-20-18-7-6-16-13-17(26)11-12-24(16,2)23(18)21(27)14-25(19,20)3/h5,10-13,15,18-21,23,27H,6-9,14H2,1-4H3/b10-5+/t15-,18+,19-,20+,21-,23-,24+,25-/m1/s1. The van der Waals surface area contributed by atoms with Gasteiger partial charge in [-0.05, 0) is 73.3 Å². The van der Waals surface area contributed by atoms with Crippen LogP contribution in [0.1, 0.15) is 52.9 Å². The molecule has 0 aliphatic heterocycles. The number of carbonyl (C=O) groups is 2. The van der Waals surface area contributed by atoms with E-state index in [4.69, 9.17) is 4.74 Å². The smallest absolute Gasteiger partial charge is 0.330 e. The van der Waals surface area contributed by atoms with E-state index in [1.807, 2.05) is 12.2 Å². The van der Waals surface area contributed by atoms with Gasteiger partial charge in [-0.1, -0.05) is 38.5 Å². The number of fused-ring (bicyclic) bond motifs is 5. The Hall–Kier alpha value is -1.68. The SMILES string of the molecule is COC(=O)/C=C/[C@@H](C)[C@H]1CC[C@H]2[C@@H]3CCC4=CC(=O)C=C[C@]4(C)[C@H]3[C@H](O)C[C@]12C. The Labute approximate surface area is 174 Å². The number of aliphatic hydroxyl groups is 1. The first-order valence-corrected chi connectivity index (χ1v) is 11.1. The van der Waals surface area contributed by atoms with Crippen molar-refractivity contribution in [3.8, 4) is 0 Å². The van der Waals surface area contributed by atoms with Crippen LogP contribution >= 0.6 is 0 Å². The number of ketones is 1.